The molecule has 0 radical (unpaired) electrons. The highest BCUT2D eigenvalue weighted by Crippen LogP contribution is 2.40. The van der Waals surface area contributed by atoms with Crippen LogP contribution in [-0.4, -0.2) is 0 Å². The quantitative estimate of drug-likeness (QED) is 0.148. The molecule has 0 heterocycles. The van der Waals surface area contributed by atoms with E-state index in [-0.39, 0.29) is 5.92 Å². The molecular formula is C31H45F5. The maximum Gasteiger partial charge on any atom is 0.422 e. The first-order valence-electron chi connectivity index (χ1n) is 14.5. The van der Waals surface area contributed by atoms with Crippen molar-refractivity contribution < 1.29 is 22.0 Å². The Labute approximate surface area is 215 Å². The van der Waals surface area contributed by atoms with E-state index in [4.69, 9.17) is 0 Å². The van der Waals surface area contributed by atoms with Gasteiger partial charge < -0.3 is 0 Å². The van der Waals surface area contributed by atoms with Crippen molar-refractivity contribution in [3.8, 4) is 0 Å². The van der Waals surface area contributed by atoms with Gasteiger partial charge in [-0.2, -0.15) is 13.2 Å². The fourth-order valence-electron chi connectivity index (χ4n) is 6.29. The molecule has 204 valence electrons. The fraction of sp³-hybridized carbons (Fsp3) is 0.742. The first kappa shape index (κ1) is 29.2. The molecule has 5 heteroatoms. The first-order chi connectivity index (χ1) is 17.3. The van der Waals surface area contributed by atoms with Crippen molar-refractivity contribution in [3.63, 3.8) is 0 Å². The SMILES string of the molecule is CCCCCCCCCCC1CCC(/C=C/C2CCC(c3cc(F)c(C(F)(F)F)c(F)c3)CC2)CC1. The summed E-state index contributed by atoms with van der Waals surface area (Å²) in [6.07, 6.45) is 20.7. The molecule has 0 N–H and O–H groups in total. The van der Waals surface area contributed by atoms with Crippen LogP contribution in [0, 0.1) is 29.4 Å². The van der Waals surface area contributed by atoms with Crippen LogP contribution in [0.4, 0.5) is 22.0 Å². The Kier molecular flexibility index (Phi) is 11.8. The van der Waals surface area contributed by atoms with E-state index in [0.29, 0.717) is 17.4 Å². The highest BCUT2D eigenvalue weighted by molar-refractivity contribution is 5.31. The maximum atomic E-state index is 14.0. The van der Waals surface area contributed by atoms with Crippen LogP contribution in [0.5, 0.6) is 0 Å². The molecule has 3 rings (SSSR count). The smallest absolute Gasteiger partial charge is 0.206 e. The number of benzene rings is 1. The van der Waals surface area contributed by atoms with E-state index in [2.05, 4.69) is 19.1 Å². The molecule has 0 nitrogen and oxygen atoms in total. The maximum absolute atomic E-state index is 14.0. The Morgan fingerprint density at radius 2 is 1.17 bits per heavy atom. The molecule has 0 atom stereocenters. The zero-order chi connectivity index (χ0) is 26.0. The van der Waals surface area contributed by atoms with Crippen LogP contribution in [-0.2, 0) is 6.18 Å². The molecule has 0 amide bonds. The minimum absolute atomic E-state index is 0.0762. The average molecular weight is 513 g/mol. The topological polar surface area (TPSA) is 0 Å². The highest BCUT2D eigenvalue weighted by atomic mass is 19.4. The van der Waals surface area contributed by atoms with Crippen LogP contribution < -0.4 is 0 Å². The molecule has 2 fully saturated rings. The fourth-order valence-corrected chi connectivity index (χ4v) is 6.29. The van der Waals surface area contributed by atoms with Gasteiger partial charge in [-0.15, -0.1) is 0 Å². The summed E-state index contributed by atoms with van der Waals surface area (Å²) in [7, 11) is 0. The predicted molar refractivity (Wildman–Crippen MR) is 138 cm³/mol. The second kappa shape index (κ2) is 14.5. The van der Waals surface area contributed by atoms with Crippen molar-refractivity contribution in [2.24, 2.45) is 17.8 Å². The van der Waals surface area contributed by atoms with Gasteiger partial charge in [0, 0.05) is 0 Å². The van der Waals surface area contributed by atoms with Crippen LogP contribution in [0.2, 0.25) is 0 Å². The van der Waals surface area contributed by atoms with Crippen LogP contribution in [0.1, 0.15) is 133 Å². The third-order valence-electron chi connectivity index (χ3n) is 8.60. The van der Waals surface area contributed by atoms with Crippen LogP contribution in [0.3, 0.4) is 0 Å². The van der Waals surface area contributed by atoms with E-state index in [0.717, 1.165) is 43.7 Å². The van der Waals surface area contributed by atoms with Gasteiger partial charge in [-0.25, -0.2) is 8.78 Å². The molecule has 1 aromatic carbocycles. The lowest BCUT2D eigenvalue weighted by molar-refractivity contribution is -0.142. The Morgan fingerprint density at radius 1 is 0.694 bits per heavy atom. The number of hydrogen-bond acceptors (Lipinski definition) is 0. The molecular weight excluding hydrogens is 467 g/mol. The van der Waals surface area contributed by atoms with Crippen molar-refractivity contribution in [1.29, 1.82) is 0 Å². The zero-order valence-electron chi connectivity index (χ0n) is 22.0. The Hall–Kier alpha value is -1.39. The van der Waals surface area contributed by atoms with Crippen molar-refractivity contribution in [2.45, 2.75) is 128 Å². The number of halogens is 5. The van der Waals surface area contributed by atoms with Crippen LogP contribution >= 0.6 is 0 Å². The van der Waals surface area contributed by atoms with Crippen molar-refractivity contribution in [1.82, 2.24) is 0 Å². The molecule has 1 aromatic rings. The highest BCUT2D eigenvalue weighted by Gasteiger charge is 2.38. The van der Waals surface area contributed by atoms with Gasteiger partial charge in [0.05, 0.1) is 0 Å². The third-order valence-corrected chi connectivity index (χ3v) is 8.60. The lowest BCUT2D eigenvalue weighted by Crippen LogP contribution is -2.16. The Bertz CT molecular complexity index is 773. The lowest BCUT2D eigenvalue weighted by atomic mass is 9.76. The minimum atomic E-state index is -5.01. The summed E-state index contributed by atoms with van der Waals surface area (Å²) in [5.41, 5.74) is -1.43. The van der Waals surface area contributed by atoms with Gasteiger partial charge in [0.25, 0.3) is 0 Å². The van der Waals surface area contributed by atoms with Crippen molar-refractivity contribution in [3.05, 3.63) is 47.0 Å². The minimum Gasteiger partial charge on any atom is -0.206 e. The normalized spacial score (nSPS) is 25.5. The summed E-state index contributed by atoms with van der Waals surface area (Å²) in [4.78, 5) is 0. The molecule has 36 heavy (non-hydrogen) atoms. The van der Waals surface area contributed by atoms with E-state index >= 15 is 0 Å². The summed E-state index contributed by atoms with van der Waals surface area (Å²) >= 11 is 0. The largest absolute Gasteiger partial charge is 0.422 e. The second-order valence-corrected chi connectivity index (χ2v) is 11.4. The van der Waals surface area contributed by atoms with E-state index in [1.165, 1.54) is 83.5 Å². The van der Waals surface area contributed by atoms with Crippen molar-refractivity contribution >= 4 is 0 Å². The number of alkyl halides is 3. The molecule has 0 unspecified atom stereocenters. The number of unbranched alkanes of at least 4 members (excludes halogenated alkanes) is 7. The summed E-state index contributed by atoms with van der Waals surface area (Å²) in [6.45, 7) is 2.26. The Morgan fingerprint density at radius 3 is 1.67 bits per heavy atom. The van der Waals surface area contributed by atoms with Gasteiger partial charge in [0.2, 0.25) is 0 Å². The lowest BCUT2D eigenvalue weighted by Gasteiger charge is -2.29. The first-order valence-corrected chi connectivity index (χ1v) is 14.5. The molecule has 2 saturated carbocycles. The van der Waals surface area contributed by atoms with E-state index in [1.807, 2.05) is 0 Å². The summed E-state index contributed by atoms with van der Waals surface area (Å²) in [5, 5.41) is 0. The molecule has 0 aliphatic heterocycles. The summed E-state index contributed by atoms with van der Waals surface area (Å²) < 4.78 is 66.5. The van der Waals surface area contributed by atoms with Crippen LogP contribution in [0.25, 0.3) is 0 Å². The van der Waals surface area contributed by atoms with Gasteiger partial charge in [0.15, 0.2) is 0 Å². The molecule has 2 aliphatic rings. The Balaban J connectivity index is 1.32. The number of hydrogen-bond donors (Lipinski definition) is 0. The third kappa shape index (κ3) is 9.17. The van der Waals surface area contributed by atoms with E-state index in [9.17, 15) is 22.0 Å². The van der Waals surface area contributed by atoms with Gasteiger partial charge >= 0.3 is 6.18 Å². The van der Waals surface area contributed by atoms with Gasteiger partial charge in [-0.05, 0) is 92.7 Å². The predicted octanol–water partition coefficient (Wildman–Crippen LogP) is 11.2. The zero-order valence-corrected chi connectivity index (χ0v) is 22.0. The van der Waals surface area contributed by atoms with E-state index in [1.54, 1.807) is 0 Å². The van der Waals surface area contributed by atoms with Crippen molar-refractivity contribution in [2.75, 3.05) is 0 Å². The molecule has 0 saturated heterocycles. The van der Waals surface area contributed by atoms with Gasteiger partial charge in [0.1, 0.15) is 17.2 Å². The molecule has 0 bridgehead atoms. The number of rotatable bonds is 12. The molecule has 0 spiro atoms. The number of allylic oxidation sites excluding steroid dienone is 2. The summed E-state index contributed by atoms with van der Waals surface area (Å²) in [5.74, 6) is -1.06. The van der Waals surface area contributed by atoms with E-state index < -0.39 is 23.4 Å². The standard InChI is InChI=1S/C31H45F5/c1-2-3-4-5-6-7-8-9-10-23-11-13-24(14-12-23)15-16-25-17-19-26(20-18-25)27-21-28(32)30(29(33)22-27)31(34,35)36/h15-16,21-26H,2-14,17-20H2,1H3/b16-15+. The van der Waals surface area contributed by atoms with Crippen LogP contribution in [0.15, 0.2) is 24.3 Å². The molecule has 0 aromatic heterocycles. The van der Waals surface area contributed by atoms with Gasteiger partial charge in [-0.1, -0.05) is 76.9 Å². The van der Waals surface area contributed by atoms with Gasteiger partial charge in [-0.3, -0.25) is 0 Å². The second-order valence-electron chi connectivity index (χ2n) is 11.4. The molecule has 2 aliphatic carbocycles. The average Bonchev–Trinajstić information content (AvgIpc) is 2.84. The monoisotopic (exact) mass is 512 g/mol. The summed E-state index contributed by atoms with van der Waals surface area (Å²) in [6, 6.07) is 1.78.